The zero-order chi connectivity index (χ0) is 17.9. The number of hydrogen-bond donors (Lipinski definition) is 2. The molecule has 24 heavy (non-hydrogen) atoms. The summed E-state index contributed by atoms with van der Waals surface area (Å²) < 4.78 is 32.4. The fourth-order valence-corrected chi connectivity index (χ4v) is 3.35. The van der Waals surface area contributed by atoms with Crippen molar-refractivity contribution in [3.05, 3.63) is 46.4 Å². The second kappa shape index (κ2) is 7.29. The molecule has 128 valence electrons. The van der Waals surface area contributed by atoms with Crippen molar-refractivity contribution in [1.82, 2.24) is 0 Å². The highest BCUT2D eigenvalue weighted by molar-refractivity contribution is 7.92. The van der Waals surface area contributed by atoms with Gasteiger partial charge in [-0.1, -0.05) is 23.2 Å². The number of methoxy groups -OCH3 is 1. The molecule has 6 nitrogen and oxygen atoms in total. The number of halogens is 2. The van der Waals surface area contributed by atoms with E-state index in [1.165, 1.54) is 50.4 Å². The number of rotatable bonds is 5. The van der Waals surface area contributed by atoms with E-state index in [0.29, 0.717) is 11.4 Å². The summed E-state index contributed by atoms with van der Waals surface area (Å²) in [5, 5.41) is 2.96. The molecule has 0 aliphatic rings. The third-order valence-electron chi connectivity index (χ3n) is 2.96. The number of amides is 1. The van der Waals surface area contributed by atoms with Gasteiger partial charge in [-0.3, -0.25) is 9.52 Å². The van der Waals surface area contributed by atoms with Gasteiger partial charge in [0, 0.05) is 6.92 Å². The summed E-state index contributed by atoms with van der Waals surface area (Å²) in [5.74, 6) is 0.0977. The van der Waals surface area contributed by atoms with Gasteiger partial charge in [0.05, 0.1) is 33.4 Å². The monoisotopic (exact) mass is 388 g/mol. The summed E-state index contributed by atoms with van der Waals surface area (Å²) in [6, 6.07) is 8.50. The van der Waals surface area contributed by atoms with E-state index in [4.69, 9.17) is 27.9 Å². The first-order valence-electron chi connectivity index (χ1n) is 6.66. The Morgan fingerprint density at radius 2 is 1.79 bits per heavy atom. The van der Waals surface area contributed by atoms with Crippen molar-refractivity contribution in [2.24, 2.45) is 0 Å². The van der Waals surface area contributed by atoms with Crippen LogP contribution in [0, 0.1) is 0 Å². The number of carbonyl (C=O) groups excluding carboxylic acids is 1. The molecule has 1 amide bonds. The van der Waals surface area contributed by atoms with Gasteiger partial charge >= 0.3 is 0 Å². The van der Waals surface area contributed by atoms with Crippen molar-refractivity contribution in [2.45, 2.75) is 11.8 Å². The van der Waals surface area contributed by atoms with E-state index < -0.39 is 10.0 Å². The lowest BCUT2D eigenvalue weighted by Crippen LogP contribution is -2.14. The summed E-state index contributed by atoms with van der Waals surface area (Å²) in [7, 11) is -2.42. The minimum absolute atomic E-state index is 0.0335. The van der Waals surface area contributed by atoms with Gasteiger partial charge in [-0.05, 0) is 36.4 Å². The van der Waals surface area contributed by atoms with E-state index in [-0.39, 0.29) is 26.5 Å². The minimum atomic E-state index is -3.86. The Kier molecular flexibility index (Phi) is 5.58. The van der Waals surface area contributed by atoms with Crippen LogP contribution in [-0.2, 0) is 14.8 Å². The molecule has 0 fully saturated rings. The van der Waals surface area contributed by atoms with Crippen LogP contribution in [0.5, 0.6) is 5.75 Å². The van der Waals surface area contributed by atoms with Crippen LogP contribution in [-0.4, -0.2) is 21.4 Å². The lowest BCUT2D eigenvalue weighted by Gasteiger charge is -2.13. The van der Waals surface area contributed by atoms with Gasteiger partial charge in [-0.2, -0.15) is 0 Å². The van der Waals surface area contributed by atoms with Gasteiger partial charge in [-0.25, -0.2) is 8.42 Å². The van der Waals surface area contributed by atoms with Crippen LogP contribution in [0.4, 0.5) is 11.4 Å². The molecule has 0 spiro atoms. The standard InChI is InChI=1S/C15H14Cl2N2O4S/c1-9(20)18-14-7-10(3-6-15(14)23-2)19-24(21,22)11-4-5-12(16)13(17)8-11/h3-8,19H,1-2H3,(H,18,20). The molecule has 2 aromatic carbocycles. The second-order valence-corrected chi connectivity index (χ2v) is 7.27. The Hall–Kier alpha value is -1.96. The average molecular weight is 389 g/mol. The molecular weight excluding hydrogens is 375 g/mol. The van der Waals surface area contributed by atoms with Gasteiger partial charge in [0.25, 0.3) is 10.0 Å². The third-order valence-corrected chi connectivity index (χ3v) is 5.08. The highest BCUT2D eigenvalue weighted by atomic mass is 35.5. The summed E-state index contributed by atoms with van der Waals surface area (Å²) in [5.41, 5.74) is 0.602. The molecule has 0 aliphatic carbocycles. The number of ether oxygens (including phenoxy) is 1. The molecule has 2 N–H and O–H groups in total. The quantitative estimate of drug-likeness (QED) is 0.816. The van der Waals surface area contributed by atoms with Crippen molar-refractivity contribution in [1.29, 1.82) is 0 Å². The summed E-state index contributed by atoms with van der Waals surface area (Å²) in [4.78, 5) is 11.2. The first-order chi connectivity index (χ1) is 11.2. The van der Waals surface area contributed by atoms with Crippen LogP contribution >= 0.6 is 23.2 Å². The zero-order valence-electron chi connectivity index (χ0n) is 12.8. The van der Waals surface area contributed by atoms with E-state index in [1.54, 1.807) is 0 Å². The number of benzene rings is 2. The molecule has 0 heterocycles. The van der Waals surface area contributed by atoms with Gasteiger partial charge in [0.1, 0.15) is 5.75 Å². The average Bonchev–Trinajstić information content (AvgIpc) is 2.49. The topological polar surface area (TPSA) is 84.5 Å². The summed E-state index contributed by atoms with van der Waals surface area (Å²) >= 11 is 11.6. The number of carbonyl (C=O) groups is 1. The number of hydrogen-bond acceptors (Lipinski definition) is 4. The molecule has 9 heteroatoms. The van der Waals surface area contributed by atoms with Crippen LogP contribution in [0.1, 0.15) is 6.92 Å². The SMILES string of the molecule is COc1ccc(NS(=O)(=O)c2ccc(Cl)c(Cl)c2)cc1NC(C)=O. The van der Waals surface area contributed by atoms with Crippen LogP contribution in [0.25, 0.3) is 0 Å². The fraction of sp³-hybridized carbons (Fsp3) is 0.133. The van der Waals surface area contributed by atoms with Crippen molar-refractivity contribution < 1.29 is 17.9 Å². The normalized spacial score (nSPS) is 11.0. The van der Waals surface area contributed by atoms with Crippen molar-refractivity contribution in [3.8, 4) is 5.75 Å². The maximum Gasteiger partial charge on any atom is 0.261 e. The van der Waals surface area contributed by atoms with Crippen LogP contribution < -0.4 is 14.8 Å². The molecule has 0 aliphatic heterocycles. The van der Waals surface area contributed by atoms with Crippen LogP contribution in [0.15, 0.2) is 41.3 Å². The molecule has 0 atom stereocenters. The molecule has 0 bridgehead atoms. The Morgan fingerprint density at radius 1 is 1.08 bits per heavy atom. The Balaban J connectivity index is 2.35. The highest BCUT2D eigenvalue weighted by Gasteiger charge is 2.17. The summed E-state index contributed by atoms with van der Waals surface area (Å²) in [6.07, 6.45) is 0. The minimum Gasteiger partial charge on any atom is -0.495 e. The molecule has 0 saturated heterocycles. The van der Waals surface area contributed by atoms with E-state index in [0.717, 1.165) is 0 Å². The lowest BCUT2D eigenvalue weighted by molar-refractivity contribution is -0.114. The van der Waals surface area contributed by atoms with Gasteiger partial charge in [0.2, 0.25) is 5.91 Å². The van der Waals surface area contributed by atoms with Crippen LogP contribution in [0.2, 0.25) is 10.0 Å². The van der Waals surface area contributed by atoms with Crippen LogP contribution in [0.3, 0.4) is 0 Å². The van der Waals surface area contributed by atoms with Gasteiger partial charge < -0.3 is 10.1 Å². The second-order valence-electron chi connectivity index (χ2n) is 4.78. The summed E-state index contributed by atoms with van der Waals surface area (Å²) in [6.45, 7) is 1.34. The molecule has 2 aromatic rings. The molecule has 0 radical (unpaired) electrons. The third kappa shape index (κ3) is 4.31. The Labute approximate surface area is 149 Å². The van der Waals surface area contributed by atoms with Crippen molar-refractivity contribution in [3.63, 3.8) is 0 Å². The first kappa shape index (κ1) is 18.4. The fourth-order valence-electron chi connectivity index (χ4n) is 1.92. The number of sulfonamides is 1. The smallest absolute Gasteiger partial charge is 0.261 e. The number of nitrogens with one attached hydrogen (secondary N) is 2. The predicted octanol–water partition coefficient (Wildman–Crippen LogP) is 3.76. The highest BCUT2D eigenvalue weighted by Crippen LogP contribution is 2.30. The Morgan fingerprint density at radius 3 is 2.38 bits per heavy atom. The van der Waals surface area contributed by atoms with E-state index in [2.05, 4.69) is 10.0 Å². The van der Waals surface area contributed by atoms with E-state index in [9.17, 15) is 13.2 Å². The van der Waals surface area contributed by atoms with Crippen molar-refractivity contribution >= 4 is 50.5 Å². The largest absolute Gasteiger partial charge is 0.495 e. The Bertz CT molecular complexity index is 885. The molecule has 0 unspecified atom stereocenters. The molecule has 2 rings (SSSR count). The molecular formula is C15H14Cl2N2O4S. The molecule has 0 saturated carbocycles. The molecule has 0 aromatic heterocycles. The predicted molar refractivity (Wildman–Crippen MR) is 94.6 cm³/mol. The van der Waals surface area contributed by atoms with E-state index >= 15 is 0 Å². The first-order valence-corrected chi connectivity index (χ1v) is 8.90. The number of anilines is 2. The maximum atomic E-state index is 12.4. The van der Waals surface area contributed by atoms with E-state index in [1.807, 2.05) is 0 Å². The van der Waals surface area contributed by atoms with Crippen molar-refractivity contribution in [2.75, 3.05) is 17.1 Å². The van der Waals surface area contributed by atoms with Gasteiger partial charge in [-0.15, -0.1) is 0 Å². The maximum absolute atomic E-state index is 12.4. The lowest BCUT2D eigenvalue weighted by atomic mass is 10.2. The zero-order valence-corrected chi connectivity index (χ0v) is 15.1. The van der Waals surface area contributed by atoms with Gasteiger partial charge in [0.15, 0.2) is 0 Å².